The lowest BCUT2D eigenvalue weighted by atomic mass is 9.95. The van der Waals surface area contributed by atoms with Crippen molar-refractivity contribution in [3.8, 4) is 0 Å². The second-order valence-electron chi connectivity index (χ2n) is 5.96. The lowest BCUT2D eigenvalue weighted by molar-refractivity contribution is -0.919. The van der Waals surface area contributed by atoms with Gasteiger partial charge in [0.1, 0.15) is 6.54 Å². The fraction of sp³-hybridized carbons (Fsp3) is 0.562. The van der Waals surface area contributed by atoms with E-state index in [0.29, 0.717) is 0 Å². The van der Waals surface area contributed by atoms with Gasteiger partial charge in [0.15, 0.2) is 0 Å². The molecule has 1 heterocycles. The van der Waals surface area contributed by atoms with Crippen molar-refractivity contribution in [3.63, 3.8) is 0 Å². The van der Waals surface area contributed by atoms with Crippen LogP contribution < -0.4 is 10.2 Å². The number of nitrogens with one attached hydrogen (secondary N) is 2. The molecule has 0 aliphatic carbocycles. The summed E-state index contributed by atoms with van der Waals surface area (Å²) >= 11 is 6.20. The van der Waals surface area contributed by atoms with Gasteiger partial charge in [0.25, 0.3) is 0 Å². The Bertz CT molecular complexity index is 454. The van der Waals surface area contributed by atoms with E-state index in [-0.39, 0.29) is 17.9 Å². The first kappa shape index (κ1) is 15.3. The Morgan fingerprint density at radius 2 is 2.00 bits per heavy atom. The van der Waals surface area contributed by atoms with E-state index < -0.39 is 0 Å². The number of piperidine rings is 1. The zero-order valence-corrected chi connectivity index (χ0v) is 13.0. The summed E-state index contributed by atoms with van der Waals surface area (Å²) in [7, 11) is 0. The van der Waals surface area contributed by atoms with Crippen molar-refractivity contribution in [1.29, 1.82) is 0 Å². The molecule has 1 amide bonds. The van der Waals surface area contributed by atoms with Gasteiger partial charge < -0.3 is 10.2 Å². The molecular formula is C16H24ClN2O+. The van der Waals surface area contributed by atoms with Gasteiger partial charge in [0.2, 0.25) is 5.91 Å². The molecule has 3 nitrogen and oxygen atoms in total. The summed E-state index contributed by atoms with van der Waals surface area (Å²) in [5, 5.41) is 3.86. The Morgan fingerprint density at radius 1 is 1.35 bits per heavy atom. The van der Waals surface area contributed by atoms with E-state index >= 15 is 0 Å². The van der Waals surface area contributed by atoms with E-state index in [9.17, 15) is 4.79 Å². The van der Waals surface area contributed by atoms with Gasteiger partial charge in [-0.05, 0) is 19.9 Å². The Kier molecular flexibility index (Phi) is 5.44. The molecule has 0 aromatic heterocycles. The third-order valence-corrected chi connectivity index (χ3v) is 4.26. The van der Waals surface area contributed by atoms with Crippen molar-refractivity contribution in [2.75, 3.05) is 13.1 Å². The second kappa shape index (κ2) is 7.09. The fourth-order valence-corrected chi connectivity index (χ4v) is 2.98. The molecule has 1 fully saturated rings. The molecule has 1 saturated heterocycles. The third-order valence-electron chi connectivity index (χ3n) is 3.89. The summed E-state index contributed by atoms with van der Waals surface area (Å²) < 4.78 is 0. The van der Waals surface area contributed by atoms with Crippen LogP contribution in [0.2, 0.25) is 5.02 Å². The minimum atomic E-state index is 0.187. The predicted molar refractivity (Wildman–Crippen MR) is 81.9 cm³/mol. The normalized spacial score (nSPS) is 22.8. The fourth-order valence-electron chi connectivity index (χ4n) is 2.78. The van der Waals surface area contributed by atoms with Gasteiger partial charge in [0.05, 0.1) is 13.1 Å². The molecule has 0 spiro atoms. The summed E-state index contributed by atoms with van der Waals surface area (Å²) in [4.78, 5) is 13.5. The average molecular weight is 296 g/mol. The molecule has 0 bridgehead atoms. The summed E-state index contributed by atoms with van der Waals surface area (Å²) in [6.45, 7) is 7.06. The number of carbonyl (C=O) groups is 1. The van der Waals surface area contributed by atoms with E-state index in [1.165, 1.54) is 10.5 Å². The molecular weight excluding hydrogens is 272 g/mol. The van der Waals surface area contributed by atoms with E-state index in [1.54, 1.807) is 0 Å². The van der Waals surface area contributed by atoms with Crippen LogP contribution >= 0.6 is 11.6 Å². The van der Waals surface area contributed by atoms with Gasteiger partial charge in [0, 0.05) is 35.4 Å². The number of benzene rings is 1. The molecule has 0 radical (unpaired) electrons. The largest absolute Gasteiger partial charge is 0.354 e. The van der Waals surface area contributed by atoms with E-state index in [1.807, 2.05) is 32.0 Å². The summed E-state index contributed by atoms with van der Waals surface area (Å²) in [5.74, 6) is 0.407. The van der Waals surface area contributed by atoms with Crippen LogP contribution in [0.25, 0.3) is 0 Å². The maximum absolute atomic E-state index is 12.0. The van der Waals surface area contributed by atoms with Crippen LogP contribution in [0.5, 0.6) is 0 Å². The van der Waals surface area contributed by atoms with Crippen LogP contribution in [0.1, 0.15) is 32.3 Å². The van der Waals surface area contributed by atoms with Gasteiger partial charge in [-0.2, -0.15) is 0 Å². The SMILES string of the molecule is CC(C)NC(=O)C1CC[NH+](Cc2ccccc2Cl)CC1. The number of amides is 1. The van der Waals surface area contributed by atoms with E-state index in [4.69, 9.17) is 11.6 Å². The summed E-state index contributed by atoms with van der Waals surface area (Å²) in [6, 6.07) is 8.26. The first-order valence-electron chi connectivity index (χ1n) is 7.43. The highest BCUT2D eigenvalue weighted by atomic mass is 35.5. The van der Waals surface area contributed by atoms with Crippen LogP contribution in [0.15, 0.2) is 24.3 Å². The number of rotatable bonds is 4. The molecule has 2 N–H and O–H groups in total. The molecule has 0 unspecified atom stereocenters. The van der Waals surface area contributed by atoms with Gasteiger partial charge in [-0.1, -0.05) is 29.8 Å². The van der Waals surface area contributed by atoms with Gasteiger partial charge in [-0.15, -0.1) is 0 Å². The summed E-state index contributed by atoms with van der Waals surface area (Å²) in [5.41, 5.74) is 1.20. The maximum atomic E-state index is 12.0. The minimum absolute atomic E-state index is 0.187. The molecule has 20 heavy (non-hydrogen) atoms. The summed E-state index contributed by atoms with van der Waals surface area (Å²) in [6.07, 6.45) is 1.94. The van der Waals surface area contributed by atoms with Crippen LogP contribution in [-0.2, 0) is 11.3 Å². The topological polar surface area (TPSA) is 33.5 Å². The van der Waals surface area contributed by atoms with Gasteiger partial charge in [-0.3, -0.25) is 4.79 Å². The molecule has 4 heteroatoms. The van der Waals surface area contributed by atoms with Crippen LogP contribution in [0.3, 0.4) is 0 Å². The highest BCUT2D eigenvalue weighted by Crippen LogP contribution is 2.15. The Labute approximate surface area is 126 Å². The Balaban J connectivity index is 1.83. The zero-order valence-electron chi connectivity index (χ0n) is 12.3. The highest BCUT2D eigenvalue weighted by molar-refractivity contribution is 6.31. The lowest BCUT2D eigenvalue weighted by Crippen LogP contribution is -3.11. The quantitative estimate of drug-likeness (QED) is 0.870. The average Bonchev–Trinajstić information content (AvgIpc) is 2.41. The van der Waals surface area contributed by atoms with Gasteiger partial charge in [-0.25, -0.2) is 0 Å². The lowest BCUT2D eigenvalue weighted by Gasteiger charge is -2.29. The number of quaternary nitrogens is 1. The first-order valence-corrected chi connectivity index (χ1v) is 7.81. The number of likely N-dealkylation sites (tertiary alicyclic amines) is 1. The standard InChI is InChI=1S/C16H23ClN2O/c1-12(2)18-16(20)13-7-9-19(10-8-13)11-14-5-3-4-6-15(14)17/h3-6,12-13H,7-11H2,1-2H3,(H,18,20)/p+1. The van der Waals surface area contributed by atoms with Crippen LogP contribution in [0, 0.1) is 5.92 Å². The van der Waals surface area contributed by atoms with Crippen LogP contribution in [0.4, 0.5) is 0 Å². The van der Waals surface area contributed by atoms with E-state index in [2.05, 4.69) is 11.4 Å². The zero-order chi connectivity index (χ0) is 14.5. The molecule has 0 saturated carbocycles. The molecule has 1 aromatic carbocycles. The van der Waals surface area contributed by atoms with Crippen molar-refractivity contribution in [1.82, 2.24) is 5.32 Å². The molecule has 2 rings (SSSR count). The molecule has 1 aliphatic rings. The van der Waals surface area contributed by atoms with Crippen molar-refractivity contribution in [2.24, 2.45) is 5.92 Å². The highest BCUT2D eigenvalue weighted by Gasteiger charge is 2.27. The molecule has 1 aliphatic heterocycles. The number of carbonyl (C=O) groups excluding carboxylic acids is 1. The Hall–Kier alpha value is -1.06. The van der Waals surface area contributed by atoms with Gasteiger partial charge >= 0.3 is 0 Å². The monoisotopic (exact) mass is 295 g/mol. The number of halogens is 1. The van der Waals surface area contributed by atoms with Crippen molar-refractivity contribution in [3.05, 3.63) is 34.9 Å². The van der Waals surface area contributed by atoms with Crippen molar-refractivity contribution in [2.45, 2.75) is 39.3 Å². The minimum Gasteiger partial charge on any atom is -0.354 e. The van der Waals surface area contributed by atoms with Crippen LogP contribution in [-0.4, -0.2) is 25.0 Å². The molecule has 0 atom stereocenters. The number of hydrogen-bond acceptors (Lipinski definition) is 1. The third kappa shape index (κ3) is 4.22. The molecule has 1 aromatic rings. The van der Waals surface area contributed by atoms with Crippen molar-refractivity contribution >= 4 is 17.5 Å². The first-order chi connectivity index (χ1) is 9.56. The maximum Gasteiger partial charge on any atom is 0.223 e. The predicted octanol–water partition coefficient (Wildman–Crippen LogP) is 1.66. The smallest absolute Gasteiger partial charge is 0.223 e. The Morgan fingerprint density at radius 3 is 2.60 bits per heavy atom. The van der Waals surface area contributed by atoms with E-state index in [0.717, 1.165) is 37.5 Å². The molecule has 110 valence electrons. The van der Waals surface area contributed by atoms with Crippen molar-refractivity contribution < 1.29 is 9.69 Å². The second-order valence-corrected chi connectivity index (χ2v) is 6.36. The number of hydrogen-bond donors (Lipinski definition) is 2.